The molecule has 2 aliphatic heterocycles. The average Bonchev–Trinajstić information content (AvgIpc) is 2.98. The molecule has 3 aromatic carbocycles. The number of phenols is 1. The number of amides is 1. The average molecular weight is 499 g/mol. The Morgan fingerprint density at radius 1 is 0.912 bits per heavy atom. The largest absolute Gasteiger partial charge is 0.508 e. The summed E-state index contributed by atoms with van der Waals surface area (Å²) in [7, 11) is 0. The lowest BCUT2D eigenvalue weighted by Gasteiger charge is -2.31. The summed E-state index contributed by atoms with van der Waals surface area (Å²) in [6, 6.07) is 22.6. The highest BCUT2D eigenvalue weighted by Crippen LogP contribution is 2.34. The molecule has 5 rings (SSSR count). The van der Waals surface area contributed by atoms with E-state index in [9.17, 15) is 9.90 Å². The summed E-state index contributed by atoms with van der Waals surface area (Å²) in [5, 5.41) is 16.2. The van der Waals surface area contributed by atoms with Gasteiger partial charge in [0.05, 0.1) is 17.1 Å². The van der Waals surface area contributed by atoms with Crippen molar-refractivity contribution in [2.75, 3.05) is 36.4 Å². The molecule has 3 N–H and O–H groups in total. The van der Waals surface area contributed by atoms with Crippen LogP contribution in [0.3, 0.4) is 0 Å². The van der Waals surface area contributed by atoms with Crippen molar-refractivity contribution in [1.29, 1.82) is 0 Å². The number of phenolic OH excluding ortho intramolecular Hbond substituents is 1. The van der Waals surface area contributed by atoms with E-state index >= 15 is 0 Å². The van der Waals surface area contributed by atoms with Crippen LogP contribution in [-0.4, -0.2) is 48.9 Å². The summed E-state index contributed by atoms with van der Waals surface area (Å²) >= 11 is 0. The number of fused-ring (bicyclic) bond motifs is 1. The number of piperazine rings is 1. The number of halogens is 2. The third kappa shape index (κ3) is 5.36. The normalized spacial score (nSPS) is 17.3. The number of nitrogens with one attached hydrogen (secondary N) is 2. The van der Waals surface area contributed by atoms with Crippen LogP contribution in [0.25, 0.3) is 0 Å². The van der Waals surface area contributed by atoms with Crippen LogP contribution in [0.4, 0.5) is 11.4 Å². The van der Waals surface area contributed by atoms with Gasteiger partial charge in [-0.25, -0.2) is 0 Å². The molecule has 2 heterocycles. The minimum atomic E-state index is -0.571. The number of anilines is 2. The highest BCUT2D eigenvalue weighted by Gasteiger charge is 2.29. The van der Waals surface area contributed by atoms with Gasteiger partial charge in [0.25, 0.3) is 0 Å². The third-order valence-corrected chi connectivity index (χ3v) is 6.00. The van der Waals surface area contributed by atoms with Gasteiger partial charge in [-0.2, -0.15) is 0 Å². The van der Waals surface area contributed by atoms with Gasteiger partial charge in [0, 0.05) is 43.7 Å². The Kier molecular flexibility index (Phi) is 8.56. The lowest BCUT2D eigenvalue weighted by Crippen LogP contribution is -2.44. The van der Waals surface area contributed by atoms with Gasteiger partial charge in [-0.15, -0.1) is 24.8 Å². The van der Waals surface area contributed by atoms with Crippen LogP contribution < -0.4 is 15.5 Å². The first-order chi connectivity index (χ1) is 15.7. The Morgan fingerprint density at radius 2 is 1.62 bits per heavy atom. The van der Waals surface area contributed by atoms with Crippen molar-refractivity contribution in [2.24, 2.45) is 4.99 Å². The lowest BCUT2D eigenvalue weighted by molar-refractivity contribution is -0.117. The summed E-state index contributed by atoms with van der Waals surface area (Å²) < 4.78 is 0. The van der Waals surface area contributed by atoms with Gasteiger partial charge in [0.2, 0.25) is 5.91 Å². The van der Waals surface area contributed by atoms with Gasteiger partial charge in [-0.05, 0) is 23.8 Å². The standard InChI is InChI=1S/C26H26N4O2.2ClH/c31-20-11-9-18(10-12-20)17-22-26(32)29-25-21(24(28-22)19-5-2-1-3-6-19)7-4-8-23(25)30-15-13-27-14-16-30;;/h1-12,22,27,31H,13-17H2,(H,29,32);2*1H/t22-;;/m1../s1. The van der Waals surface area contributed by atoms with Crippen LogP contribution in [0, 0.1) is 0 Å². The molecule has 34 heavy (non-hydrogen) atoms. The molecule has 0 aliphatic carbocycles. The first kappa shape index (κ1) is 25.6. The molecule has 6 nitrogen and oxygen atoms in total. The molecule has 1 amide bonds. The maximum Gasteiger partial charge on any atom is 0.249 e. The molecule has 1 saturated heterocycles. The predicted molar refractivity (Wildman–Crippen MR) is 142 cm³/mol. The molecule has 0 bridgehead atoms. The number of hydrogen-bond acceptors (Lipinski definition) is 5. The molecule has 8 heteroatoms. The topological polar surface area (TPSA) is 77.0 Å². The van der Waals surface area contributed by atoms with Crippen molar-refractivity contribution >= 4 is 47.8 Å². The zero-order valence-corrected chi connectivity index (χ0v) is 20.2. The molecule has 3 aromatic rings. The summed E-state index contributed by atoms with van der Waals surface area (Å²) in [5.41, 5.74) is 5.56. The minimum Gasteiger partial charge on any atom is -0.508 e. The Balaban J connectivity index is 0.00000162. The van der Waals surface area contributed by atoms with Gasteiger partial charge in [0.1, 0.15) is 11.8 Å². The van der Waals surface area contributed by atoms with Crippen LogP contribution >= 0.6 is 24.8 Å². The maximum atomic E-state index is 13.4. The fourth-order valence-electron chi connectivity index (χ4n) is 4.35. The number of carbonyl (C=O) groups is 1. The summed E-state index contributed by atoms with van der Waals surface area (Å²) in [4.78, 5) is 20.7. The number of rotatable bonds is 4. The second kappa shape index (κ2) is 11.4. The van der Waals surface area contributed by atoms with Gasteiger partial charge >= 0.3 is 0 Å². The minimum absolute atomic E-state index is 0. The molecular formula is C26H28Cl2N4O2. The van der Waals surface area contributed by atoms with Crippen LogP contribution in [0.15, 0.2) is 77.8 Å². The van der Waals surface area contributed by atoms with E-state index in [0.29, 0.717) is 6.42 Å². The van der Waals surface area contributed by atoms with Gasteiger partial charge in [-0.3, -0.25) is 9.79 Å². The van der Waals surface area contributed by atoms with Crippen LogP contribution in [0.1, 0.15) is 16.7 Å². The fraction of sp³-hybridized carbons (Fsp3) is 0.231. The van der Waals surface area contributed by atoms with Gasteiger partial charge in [-0.1, -0.05) is 54.6 Å². The molecule has 0 aromatic heterocycles. The molecule has 0 unspecified atom stereocenters. The molecule has 2 aliphatic rings. The van der Waals surface area contributed by atoms with Crippen molar-refractivity contribution in [3.63, 3.8) is 0 Å². The molecule has 0 spiro atoms. The van der Waals surface area contributed by atoms with Crippen LogP contribution in [0.2, 0.25) is 0 Å². The number of para-hydroxylation sites is 1. The number of nitrogens with zero attached hydrogens (tertiary/aromatic N) is 2. The monoisotopic (exact) mass is 498 g/mol. The number of aromatic hydroxyl groups is 1. The van der Waals surface area contributed by atoms with Crippen molar-refractivity contribution in [2.45, 2.75) is 12.5 Å². The van der Waals surface area contributed by atoms with E-state index in [2.05, 4.69) is 21.6 Å². The lowest BCUT2D eigenvalue weighted by atomic mass is 9.99. The second-order valence-electron chi connectivity index (χ2n) is 8.16. The van der Waals surface area contributed by atoms with Gasteiger partial charge < -0.3 is 20.6 Å². The van der Waals surface area contributed by atoms with Crippen LogP contribution in [-0.2, 0) is 11.2 Å². The van der Waals surface area contributed by atoms with Crippen molar-refractivity contribution in [3.8, 4) is 5.75 Å². The van der Waals surface area contributed by atoms with Crippen molar-refractivity contribution < 1.29 is 9.90 Å². The number of carbonyl (C=O) groups excluding carboxylic acids is 1. The van der Waals surface area contributed by atoms with E-state index in [0.717, 1.165) is 60.0 Å². The zero-order chi connectivity index (χ0) is 21.9. The summed E-state index contributed by atoms with van der Waals surface area (Å²) in [6.07, 6.45) is 0.458. The summed E-state index contributed by atoms with van der Waals surface area (Å²) in [6.45, 7) is 3.61. The number of hydrogen-bond donors (Lipinski definition) is 3. The van der Waals surface area contributed by atoms with Crippen LogP contribution in [0.5, 0.6) is 5.75 Å². The van der Waals surface area contributed by atoms with Crippen molar-refractivity contribution in [3.05, 3.63) is 89.5 Å². The van der Waals surface area contributed by atoms with Crippen molar-refractivity contribution in [1.82, 2.24) is 5.32 Å². The molecule has 1 fully saturated rings. The van der Waals surface area contributed by atoms with E-state index < -0.39 is 6.04 Å². The first-order valence-corrected chi connectivity index (χ1v) is 11.0. The Hall–Kier alpha value is -3.06. The number of benzene rings is 3. The zero-order valence-electron chi connectivity index (χ0n) is 18.6. The van der Waals surface area contributed by atoms with E-state index in [1.807, 2.05) is 54.6 Å². The second-order valence-corrected chi connectivity index (χ2v) is 8.16. The quantitative estimate of drug-likeness (QED) is 0.507. The molecule has 178 valence electrons. The molecule has 0 radical (unpaired) electrons. The van der Waals surface area contributed by atoms with Gasteiger partial charge in [0.15, 0.2) is 0 Å². The Bertz CT molecular complexity index is 1150. The highest BCUT2D eigenvalue weighted by atomic mass is 35.5. The first-order valence-electron chi connectivity index (χ1n) is 11.0. The van der Waals surface area contributed by atoms with E-state index in [4.69, 9.17) is 4.99 Å². The molecular weight excluding hydrogens is 471 g/mol. The Morgan fingerprint density at radius 3 is 2.32 bits per heavy atom. The van der Waals surface area contributed by atoms with E-state index in [1.54, 1.807) is 12.1 Å². The highest BCUT2D eigenvalue weighted by molar-refractivity contribution is 6.21. The number of benzodiazepines with no additional fused rings is 1. The third-order valence-electron chi connectivity index (χ3n) is 6.00. The SMILES string of the molecule is Cl.Cl.O=C1Nc2c(cccc2N2CCNCC2)C(c2ccccc2)=N[C@@H]1Cc1ccc(O)cc1. The smallest absolute Gasteiger partial charge is 0.249 e. The predicted octanol–water partition coefficient (Wildman–Crippen LogP) is 4.05. The fourth-order valence-corrected chi connectivity index (χ4v) is 4.35. The summed E-state index contributed by atoms with van der Waals surface area (Å²) in [5.74, 6) is 0.0912. The van der Waals surface area contributed by atoms with E-state index in [1.165, 1.54) is 0 Å². The Labute approximate surface area is 211 Å². The van der Waals surface area contributed by atoms with E-state index in [-0.39, 0.29) is 36.5 Å². The molecule has 0 saturated carbocycles. The maximum absolute atomic E-state index is 13.4. The molecule has 1 atom stereocenters. The number of aliphatic imine (C=N–C) groups is 1.